The number of nitrogens with zero attached hydrogens (tertiary/aromatic N) is 6. The molecule has 2 aromatic heterocycles. The Kier molecular flexibility index (Phi) is 4.86. The second-order valence-electron chi connectivity index (χ2n) is 6.51. The lowest BCUT2D eigenvalue weighted by Crippen LogP contribution is -2.46. The minimum atomic E-state index is 0.733. The quantitative estimate of drug-likeness (QED) is 0.708. The fourth-order valence-electron chi connectivity index (χ4n) is 3.36. The van der Waals surface area contributed by atoms with E-state index in [1.165, 1.54) is 5.56 Å². The molecule has 0 aliphatic carbocycles. The number of anilines is 1. The van der Waals surface area contributed by atoms with Crippen LogP contribution < -0.4 is 4.90 Å². The predicted molar refractivity (Wildman–Crippen MR) is 103 cm³/mol. The van der Waals surface area contributed by atoms with Gasteiger partial charge >= 0.3 is 0 Å². The lowest BCUT2D eigenvalue weighted by Gasteiger charge is -2.35. The summed E-state index contributed by atoms with van der Waals surface area (Å²) < 4.78 is 1.88. The summed E-state index contributed by atoms with van der Waals surface area (Å²) >= 11 is 6.16. The van der Waals surface area contributed by atoms with Gasteiger partial charge in [0.1, 0.15) is 5.82 Å². The van der Waals surface area contributed by atoms with Gasteiger partial charge in [0.05, 0.1) is 11.9 Å². The Morgan fingerprint density at radius 1 is 1.12 bits per heavy atom. The fourth-order valence-corrected chi connectivity index (χ4v) is 3.55. The average Bonchev–Trinajstić information content (AvgIpc) is 3.03. The number of hydrogen-bond acceptors (Lipinski definition) is 5. The summed E-state index contributed by atoms with van der Waals surface area (Å²) in [4.78, 5) is 13.3. The van der Waals surface area contributed by atoms with Gasteiger partial charge < -0.3 is 4.90 Å². The van der Waals surface area contributed by atoms with Gasteiger partial charge in [0.15, 0.2) is 0 Å². The molecule has 1 aliphatic rings. The van der Waals surface area contributed by atoms with Gasteiger partial charge in [-0.1, -0.05) is 23.7 Å². The number of aromatic nitrogens is 4. The summed E-state index contributed by atoms with van der Waals surface area (Å²) in [6.45, 7) is 4.75. The van der Waals surface area contributed by atoms with E-state index in [0.29, 0.717) is 0 Å². The van der Waals surface area contributed by atoms with E-state index >= 15 is 0 Å². The number of aryl methyl sites for hydroxylation is 1. The zero-order chi connectivity index (χ0) is 17.9. The van der Waals surface area contributed by atoms with Crippen molar-refractivity contribution in [3.63, 3.8) is 0 Å². The SMILES string of the molecule is Cn1cc(CN2CCN(c3cnccn3)CC2)c(-c2cccc(Cl)c2)n1. The minimum absolute atomic E-state index is 0.733. The van der Waals surface area contributed by atoms with E-state index in [4.69, 9.17) is 11.6 Å². The third kappa shape index (κ3) is 3.71. The number of rotatable bonds is 4. The van der Waals surface area contributed by atoms with E-state index in [9.17, 15) is 0 Å². The third-order valence-electron chi connectivity index (χ3n) is 4.64. The van der Waals surface area contributed by atoms with Crippen molar-refractivity contribution in [3.05, 3.63) is 59.6 Å². The maximum atomic E-state index is 6.16. The van der Waals surface area contributed by atoms with Crippen LogP contribution in [0.3, 0.4) is 0 Å². The van der Waals surface area contributed by atoms with Crippen LogP contribution >= 0.6 is 11.6 Å². The molecule has 7 heteroatoms. The Hall–Kier alpha value is -2.44. The lowest BCUT2D eigenvalue weighted by molar-refractivity contribution is 0.249. The third-order valence-corrected chi connectivity index (χ3v) is 4.88. The van der Waals surface area contributed by atoms with Crippen molar-refractivity contribution in [2.45, 2.75) is 6.54 Å². The first-order chi connectivity index (χ1) is 12.7. The molecule has 134 valence electrons. The molecule has 0 bridgehead atoms. The van der Waals surface area contributed by atoms with Crippen LogP contribution in [0.25, 0.3) is 11.3 Å². The van der Waals surface area contributed by atoms with Gasteiger partial charge in [-0.05, 0) is 12.1 Å². The molecule has 0 radical (unpaired) electrons. The van der Waals surface area contributed by atoms with Crippen LogP contribution in [0.5, 0.6) is 0 Å². The Morgan fingerprint density at radius 3 is 2.69 bits per heavy atom. The van der Waals surface area contributed by atoms with Crippen LogP contribution in [0.4, 0.5) is 5.82 Å². The molecule has 6 nitrogen and oxygen atoms in total. The van der Waals surface area contributed by atoms with E-state index < -0.39 is 0 Å². The normalized spacial score (nSPS) is 15.4. The summed E-state index contributed by atoms with van der Waals surface area (Å²) in [7, 11) is 1.96. The monoisotopic (exact) mass is 368 g/mol. The Bertz CT molecular complexity index is 871. The van der Waals surface area contributed by atoms with Gasteiger partial charge in [0.25, 0.3) is 0 Å². The highest BCUT2D eigenvalue weighted by Gasteiger charge is 2.20. The second-order valence-corrected chi connectivity index (χ2v) is 6.95. The van der Waals surface area contributed by atoms with Crippen molar-refractivity contribution in [1.82, 2.24) is 24.6 Å². The van der Waals surface area contributed by atoms with E-state index in [0.717, 1.165) is 54.8 Å². The zero-order valence-electron chi connectivity index (χ0n) is 14.7. The van der Waals surface area contributed by atoms with Crippen LogP contribution in [0, 0.1) is 0 Å². The first kappa shape index (κ1) is 17.0. The number of piperazine rings is 1. The van der Waals surface area contributed by atoms with Crippen LogP contribution in [-0.4, -0.2) is 50.8 Å². The summed E-state index contributed by atoms with van der Waals surface area (Å²) in [5.41, 5.74) is 3.29. The molecule has 0 saturated carbocycles. The number of halogens is 1. The maximum absolute atomic E-state index is 6.16. The van der Waals surface area contributed by atoms with Gasteiger partial charge in [-0.15, -0.1) is 0 Å². The summed E-state index contributed by atoms with van der Waals surface area (Å²) in [6.07, 6.45) is 7.38. The van der Waals surface area contributed by atoms with Gasteiger partial charge in [0, 0.05) is 74.5 Å². The Morgan fingerprint density at radius 2 is 1.96 bits per heavy atom. The molecule has 4 rings (SSSR count). The Balaban J connectivity index is 1.46. The van der Waals surface area contributed by atoms with Crippen LogP contribution in [0.2, 0.25) is 5.02 Å². The van der Waals surface area contributed by atoms with Crippen molar-refractivity contribution < 1.29 is 0 Å². The second kappa shape index (κ2) is 7.43. The van der Waals surface area contributed by atoms with Gasteiger partial charge in [-0.2, -0.15) is 5.10 Å². The van der Waals surface area contributed by atoms with Crippen LogP contribution in [-0.2, 0) is 13.6 Å². The molecule has 1 fully saturated rings. The van der Waals surface area contributed by atoms with Crippen molar-refractivity contribution in [2.24, 2.45) is 7.05 Å². The maximum Gasteiger partial charge on any atom is 0.147 e. The summed E-state index contributed by atoms with van der Waals surface area (Å²) in [6, 6.07) is 7.89. The highest BCUT2D eigenvalue weighted by Crippen LogP contribution is 2.26. The van der Waals surface area contributed by atoms with Crippen molar-refractivity contribution >= 4 is 17.4 Å². The fraction of sp³-hybridized carbons (Fsp3) is 0.316. The van der Waals surface area contributed by atoms with Crippen molar-refractivity contribution in [3.8, 4) is 11.3 Å². The molecule has 0 amide bonds. The minimum Gasteiger partial charge on any atom is -0.353 e. The van der Waals surface area contributed by atoms with E-state index in [1.807, 2.05) is 36.1 Å². The molecule has 26 heavy (non-hydrogen) atoms. The lowest BCUT2D eigenvalue weighted by atomic mass is 10.1. The first-order valence-electron chi connectivity index (χ1n) is 8.71. The van der Waals surface area contributed by atoms with Crippen molar-refractivity contribution in [2.75, 3.05) is 31.1 Å². The largest absolute Gasteiger partial charge is 0.353 e. The summed E-state index contributed by atoms with van der Waals surface area (Å²) in [5, 5.41) is 5.39. The van der Waals surface area contributed by atoms with Gasteiger partial charge in [-0.25, -0.2) is 4.98 Å². The first-order valence-corrected chi connectivity index (χ1v) is 9.08. The highest BCUT2D eigenvalue weighted by molar-refractivity contribution is 6.30. The number of benzene rings is 1. The topological polar surface area (TPSA) is 50.1 Å². The highest BCUT2D eigenvalue weighted by atomic mass is 35.5. The summed E-state index contributed by atoms with van der Waals surface area (Å²) in [5.74, 6) is 0.952. The van der Waals surface area contributed by atoms with E-state index in [2.05, 4.69) is 37.1 Å². The molecule has 1 saturated heterocycles. The van der Waals surface area contributed by atoms with Crippen LogP contribution in [0.1, 0.15) is 5.56 Å². The molecule has 0 unspecified atom stereocenters. The average molecular weight is 369 g/mol. The smallest absolute Gasteiger partial charge is 0.147 e. The zero-order valence-corrected chi connectivity index (χ0v) is 15.5. The van der Waals surface area contributed by atoms with Gasteiger partial charge in [0.2, 0.25) is 0 Å². The molecule has 3 heterocycles. The molecule has 0 spiro atoms. The standard InChI is InChI=1S/C19H21ClN6/c1-24-13-16(19(23-24)15-3-2-4-17(20)11-15)14-25-7-9-26(10-8-25)18-12-21-5-6-22-18/h2-6,11-13H,7-10,14H2,1H3. The van der Waals surface area contributed by atoms with Gasteiger partial charge in [-0.3, -0.25) is 14.6 Å². The molecule has 1 aliphatic heterocycles. The molecule has 0 N–H and O–H groups in total. The molecular weight excluding hydrogens is 348 g/mol. The van der Waals surface area contributed by atoms with E-state index in [-0.39, 0.29) is 0 Å². The van der Waals surface area contributed by atoms with Crippen LogP contribution in [0.15, 0.2) is 49.1 Å². The predicted octanol–water partition coefficient (Wildman–Crippen LogP) is 2.85. The number of hydrogen-bond donors (Lipinski definition) is 0. The Labute approximate surface area is 158 Å². The molecule has 0 atom stereocenters. The molecular formula is C19H21ClN6. The molecule has 3 aromatic rings. The van der Waals surface area contributed by atoms with Crippen molar-refractivity contribution in [1.29, 1.82) is 0 Å². The molecule has 1 aromatic carbocycles. The van der Waals surface area contributed by atoms with E-state index in [1.54, 1.807) is 12.4 Å².